The van der Waals surface area contributed by atoms with Crippen LogP contribution >= 0.6 is 0 Å². The first-order valence-corrected chi connectivity index (χ1v) is 7.37. The minimum atomic E-state index is -0.566. The van der Waals surface area contributed by atoms with Crippen molar-refractivity contribution in [2.24, 2.45) is 0 Å². The summed E-state index contributed by atoms with van der Waals surface area (Å²) in [5.74, 6) is -1.26. The number of halogens is 1. The van der Waals surface area contributed by atoms with Crippen molar-refractivity contribution in [1.29, 1.82) is 0 Å². The number of carbonyl (C=O) groups excluding carboxylic acids is 2. The second-order valence-corrected chi connectivity index (χ2v) is 5.29. The molecule has 0 saturated heterocycles. The molecule has 5 heteroatoms. The zero-order valence-electron chi connectivity index (χ0n) is 13.2. The Kier molecular flexibility index (Phi) is 5.46. The highest BCUT2D eigenvalue weighted by molar-refractivity contribution is 5.95. The molecule has 0 saturated carbocycles. The molecule has 0 spiro atoms. The highest BCUT2D eigenvalue weighted by atomic mass is 19.1. The van der Waals surface area contributed by atoms with Crippen molar-refractivity contribution in [2.75, 3.05) is 13.1 Å². The van der Waals surface area contributed by atoms with E-state index >= 15 is 0 Å². The average Bonchev–Trinajstić information content (AvgIpc) is 2.54. The van der Waals surface area contributed by atoms with E-state index in [2.05, 4.69) is 10.6 Å². The first kappa shape index (κ1) is 16.7. The number of benzene rings is 2. The predicted octanol–water partition coefficient (Wildman–Crippen LogP) is 2.60. The minimum Gasteiger partial charge on any atom is -0.350 e. The van der Waals surface area contributed by atoms with Gasteiger partial charge in [-0.05, 0) is 49.2 Å². The van der Waals surface area contributed by atoms with Gasteiger partial charge in [-0.25, -0.2) is 4.39 Å². The second kappa shape index (κ2) is 7.54. The summed E-state index contributed by atoms with van der Waals surface area (Å²) < 4.78 is 13.4. The fourth-order valence-electron chi connectivity index (χ4n) is 2.08. The van der Waals surface area contributed by atoms with Crippen LogP contribution in [0.2, 0.25) is 0 Å². The molecule has 0 aromatic heterocycles. The lowest BCUT2D eigenvalue weighted by atomic mass is 10.1. The lowest BCUT2D eigenvalue weighted by molar-refractivity contribution is 0.0925. The Bertz CT molecular complexity index is 729. The monoisotopic (exact) mass is 314 g/mol. The van der Waals surface area contributed by atoms with E-state index in [1.54, 1.807) is 12.1 Å². The third-order valence-electron chi connectivity index (χ3n) is 3.58. The summed E-state index contributed by atoms with van der Waals surface area (Å²) in [6, 6.07) is 11.2. The van der Waals surface area contributed by atoms with Crippen LogP contribution in [0.1, 0.15) is 31.8 Å². The van der Waals surface area contributed by atoms with Gasteiger partial charge in [-0.15, -0.1) is 0 Å². The molecule has 2 N–H and O–H groups in total. The van der Waals surface area contributed by atoms with Gasteiger partial charge in [-0.2, -0.15) is 0 Å². The van der Waals surface area contributed by atoms with E-state index in [1.165, 1.54) is 18.2 Å². The summed E-state index contributed by atoms with van der Waals surface area (Å²) >= 11 is 0. The van der Waals surface area contributed by atoms with Gasteiger partial charge >= 0.3 is 0 Å². The molecule has 0 heterocycles. The summed E-state index contributed by atoms with van der Waals surface area (Å²) in [5, 5.41) is 5.29. The lowest BCUT2D eigenvalue weighted by Crippen LogP contribution is -2.35. The number of carbonyl (C=O) groups is 2. The molecule has 2 aromatic rings. The van der Waals surface area contributed by atoms with E-state index in [1.807, 2.05) is 26.0 Å². The highest BCUT2D eigenvalue weighted by Crippen LogP contribution is 2.09. The molecule has 0 atom stereocenters. The van der Waals surface area contributed by atoms with Crippen molar-refractivity contribution >= 4 is 11.8 Å². The Hall–Kier alpha value is -2.69. The number of hydrogen-bond donors (Lipinski definition) is 2. The molecule has 4 nitrogen and oxygen atoms in total. The molecule has 120 valence electrons. The number of amides is 2. The number of nitrogens with one attached hydrogen (secondary N) is 2. The summed E-state index contributed by atoms with van der Waals surface area (Å²) in [7, 11) is 0. The van der Waals surface area contributed by atoms with Gasteiger partial charge in [0.05, 0.1) is 5.56 Å². The van der Waals surface area contributed by atoms with Gasteiger partial charge in [-0.1, -0.05) is 18.2 Å². The van der Waals surface area contributed by atoms with Crippen LogP contribution in [0.15, 0.2) is 42.5 Å². The summed E-state index contributed by atoms with van der Waals surface area (Å²) in [4.78, 5) is 23.8. The lowest BCUT2D eigenvalue weighted by Gasteiger charge is -2.09. The van der Waals surface area contributed by atoms with Crippen molar-refractivity contribution in [3.63, 3.8) is 0 Å². The van der Waals surface area contributed by atoms with Crippen LogP contribution in [0, 0.1) is 19.7 Å². The van der Waals surface area contributed by atoms with Gasteiger partial charge in [0.2, 0.25) is 0 Å². The number of hydrogen-bond acceptors (Lipinski definition) is 2. The third kappa shape index (κ3) is 4.39. The second-order valence-electron chi connectivity index (χ2n) is 5.29. The molecule has 0 radical (unpaired) electrons. The molecule has 0 aliphatic heterocycles. The molecule has 0 bridgehead atoms. The van der Waals surface area contributed by atoms with Crippen LogP contribution in [0.5, 0.6) is 0 Å². The first-order chi connectivity index (χ1) is 11.0. The van der Waals surface area contributed by atoms with Crippen LogP contribution < -0.4 is 10.6 Å². The van der Waals surface area contributed by atoms with Crippen LogP contribution in [-0.2, 0) is 0 Å². The van der Waals surface area contributed by atoms with E-state index in [9.17, 15) is 14.0 Å². The Labute approximate surface area is 134 Å². The molecular weight excluding hydrogens is 295 g/mol. The van der Waals surface area contributed by atoms with Gasteiger partial charge in [-0.3, -0.25) is 9.59 Å². The Morgan fingerprint density at radius 3 is 2.22 bits per heavy atom. The molecule has 2 rings (SSSR count). The van der Waals surface area contributed by atoms with Gasteiger partial charge in [0, 0.05) is 18.7 Å². The van der Waals surface area contributed by atoms with Crippen LogP contribution in [0.4, 0.5) is 4.39 Å². The maximum Gasteiger partial charge on any atom is 0.254 e. The van der Waals surface area contributed by atoms with E-state index in [4.69, 9.17) is 0 Å². The summed E-state index contributed by atoms with van der Waals surface area (Å²) in [5.41, 5.74) is 2.74. The average molecular weight is 314 g/mol. The largest absolute Gasteiger partial charge is 0.350 e. The molecule has 2 amide bonds. The maximum absolute atomic E-state index is 13.4. The maximum atomic E-state index is 13.4. The minimum absolute atomic E-state index is 0.00649. The van der Waals surface area contributed by atoms with Crippen LogP contribution in [0.3, 0.4) is 0 Å². The molecule has 0 aliphatic carbocycles. The molecule has 0 unspecified atom stereocenters. The third-order valence-corrected chi connectivity index (χ3v) is 3.58. The molecular formula is C18H19FN2O2. The van der Waals surface area contributed by atoms with Crippen molar-refractivity contribution in [1.82, 2.24) is 10.6 Å². The Balaban J connectivity index is 1.81. The number of aryl methyl sites for hydroxylation is 2. The molecule has 0 aliphatic rings. The highest BCUT2D eigenvalue weighted by Gasteiger charge is 2.10. The number of rotatable bonds is 5. The van der Waals surface area contributed by atoms with E-state index in [0.29, 0.717) is 5.56 Å². The van der Waals surface area contributed by atoms with Gasteiger partial charge in [0.1, 0.15) is 5.82 Å². The fraction of sp³-hybridized carbons (Fsp3) is 0.222. The Morgan fingerprint density at radius 1 is 0.913 bits per heavy atom. The van der Waals surface area contributed by atoms with E-state index < -0.39 is 11.7 Å². The fourth-order valence-corrected chi connectivity index (χ4v) is 2.08. The zero-order chi connectivity index (χ0) is 16.8. The molecule has 2 aromatic carbocycles. The van der Waals surface area contributed by atoms with E-state index in [-0.39, 0.29) is 24.6 Å². The zero-order valence-corrected chi connectivity index (χ0v) is 13.2. The van der Waals surface area contributed by atoms with Gasteiger partial charge in [0.15, 0.2) is 0 Å². The topological polar surface area (TPSA) is 58.2 Å². The van der Waals surface area contributed by atoms with Gasteiger partial charge < -0.3 is 10.6 Å². The van der Waals surface area contributed by atoms with Crippen molar-refractivity contribution in [3.8, 4) is 0 Å². The first-order valence-electron chi connectivity index (χ1n) is 7.37. The van der Waals surface area contributed by atoms with E-state index in [0.717, 1.165) is 11.1 Å². The molecule has 23 heavy (non-hydrogen) atoms. The van der Waals surface area contributed by atoms with Crippen molar-refractivity contribution in [2.45, 2.75) is 13.8 Å². The Morgan fingerprint density at radius 2 is 1.57 bits per heavy atom. The summed E-state index contributed by atoms with van der Waals surface area (Å²) in [6.45, 7) is 4.42. The SMILES string of the molecule is Cc1ccc(C(=O)NCCNC(=O)c2ccccc2F)cc1C. The summed E-state index contributed by atoms with van der Waals surface area (Å²) in [6.07, 6.45) is 0. The van der Waals surface area contributed by atoms with Crippen LogP contribution in [-0.4, -0.2) is 24.9 Å². The normalized spacial score (nSPS) is 10.2. The van der Waals surface area contributed by atoms with Gasteiger partial charge in [0.25, 0.3) is 11.8 Å². The van der Waals surface area contributed by atoms with Crippen molar-refractivity contribution in [3.05, 3.63) is 70.5 Å². The standard InChI is InChI=1S/C18H19FN2O2/c1-12-7-8-14(11-13(12)2)17(22)20-9-10-21-18(23)15-5-3-4-6-16(15)19/h3-8,11H,9-10H2,1-2H3,(H,20,22)(H,21,23). The van der Waals surface area contributed by atoms with Crippen molar-refractivity contribution < 1.29 is 14.0 Å². The quantitative estimate of drug-likeness (QED) is 0.834. The predicted molar refractivity (Wildman–Crippen MR) is 87.0 cm³/mol. The van der Waals surface area contributed by atoms with Crippen LogP contribution in [0.25, 0.3) is 0 Å². The smallest absolute Gasteiger partial charge is 0.254 e. The molecule has 0 fully saturated rings.